The van der Waals surface area contributed by atoms with Crippen molar-refractivity contribution in [2.24, 2.45) is 0 Å². The summed E-state index contributed by atoms with van der Waals surface area (Å²) in [4.78, 5) is 25.5. The van der Waals surface area contributed by atoms with Crippen molar-refractivity contribution in [1.29, 1.82) is 0 Å². The van der Waals surface area contributed by atoms with Crippen molar-refractivity contribution < 1.29 is 9.21 Å². The van der Waals surface area contributed by atoms with E-state index in [0.29, 0.717) is 18.0 Å². The van der Waals surface area contributed by atoms with Crippen molar-refractivity contribution in [1.82, 2.24) is 20.2 Å². The number of rotatable bonds is 5. The van der Waals surface area contributed by atoms with Gasteiger partial charge in [0.25, 0.3) is 0 Å². The molecule has 3 aromatic rings. The number of likely N-dealkylation sites (N-methyl/N-ethyl adjacent to an activating group) is 1. The number of aromatic nitrogens is 2. The molecule has 0 radical (unpaired) electrons. The molecule has 0 saturated carbocycles. The molecule has 0 bridgehead atoms. The van der Waals surface area contributed by atoms with Gasteiger partial charge in [0.05, 0.1) is 0 Å². The van der Waals surface area contributed by atoms with Crippen molar-refractivity contribution in [2.75, 3.05) is 38.1 Å². The third-order valence-electron chi connectivity index (χ3n) is 4.79. The van der Waals surface area contributed by atoms with Gasteiger partial charge in [0, 0.05) is 51.1 Å². The summed E-state index contributed by atoms with van der Waals surface area (Å²) < 4.78 is 5.58. The highest BCUT2D eigenvalue weighted by Gasteiger charge is 2.15. The summed E-state index contributed by atoms with van der Waals surface area (Å²) in [6.07, 6.45) is 4.81. The molecule has 1 fully saturated rings. The number of piperazine rings is 1. The van der Waals surface area contributed by atoms with Gasteiger partial charge in [-0.25, -0.2) is 9.97 Å². The second kappa shape index (κ2) is 8.22. The van der Waals surface area contributed by atoms with Crippen molar-refractivity contribution >= 4 is 28.9 Å². The SMILES string of the molecule is CN1CCN(c2cc(CNC(=O)/C=C/c3nc4ccccc4o3)ccn2)CC1. The number of pyridine rings is 1. The van der Waals surface area contributed by atoms with Crippen molar-refractivity contribution in [3.8, 4) is 0 Å². The number of benzene rings is 1. The van der Waals surface area contributed by atoms with Gasteiger partial charge in [0.15, 0.2) is 5.58 Å². The van der Waals surface area contributed by atoms with Crippen LogP contribution in [0, 0.1) is 0 Å². The highest BCUT2D eigenvalue weighted by atomic mass is 16.3. The normalized spacial score (nSPS) is 15.4. The molecule has 2 aromatic heterocycles. The number of amides is 1. The Labute approximate surface area is 163 Å². The molecular weight excluding hydrogens is 354 g/mol. The first kappa shape index (κ1) is 18.2. The maximum absolute atomic E-state index is 12.1. The molecule has 4 rings (SSSR count). The fourth-order valence-electron chi connectivity index (χ4n) is 3.14. The molecule has 0 aliphatic carbocycles. The predicted molar refractivity (Wildman–Crippen MR) is 109 cm³/mol. The average Bonchev–Trinajstić information content (AvgIpc) is 3.14. The highest BCUT2D eigenvalue weighted by Crippen LogP contribution is 2.16. The van der Waals surface area contributed by atoms with Gasteiger partial charge in [-0.3, -0.25) is 4.79 Å². The van der Waals surface area contributed by atoms with Gasteiger partial charge in [0.1, 0.15) is 11.3 Å². The van der Waals surface area contributed by atoms with Crippen LogP contribution in [-0.2, 0) is 11.3 Å². The number of carbonyl (C=O) groups excluding carboxylic acids is 1. The average molecular weight is 377 g/mol. The summed E-state index contributed by atoms with van der Waals surface area (Å²) in [6, 6.07) is 11.5. The van der Waals surface area contributed by atoms with Gasteiger partial charge in [-0.1, -0.05) is 12.1 Å². The number of hydrogen-bond acceptors (Lipinski definition) is 6. The number of para-hydroxylation sites is 2. The Hall–Kier alpha value is -3.19. The maximum atomic E-state index is 12.1. The molecule has 1 saturated heterocycles. The molecule has 1 amide bonds. The minimum atomic E-state index is -0.194. The number of carbonyl (C=O) groups is 1. The van der Waals surface area contributed by atoms with E-state index in [1.54, 1.807) is 12.3 Å². The molecule has 1 aliphatic heterocycles. The summed E-state index contributed by atoms with van der Waals surface area (Å²) in [6.45, 7) is 4.44. The Morgan fingerprint density at radius 2 is 2.04 bits per heavy atom. The first-order valence-corrected chi connectivity index (χ1v) is 9.37. The van der Waals surface area contributed by atoms with Crippen LogP contribution in [0.3, 0.4) is 0 Å². The Kier molecular flexibility index (Phi) is 5.34. The quantitative estimate of drug-likeness (QED) is 0.688. The minimum Gasteiger partial charge on any atom is -0.437 e. The van der Waals surface area contributed by atoms with Crippen molar-refractivity contribution in [2.45, 2.75) is 6.54 Å². The van der Waals surface area contributed by atoms with Crippen LogP contribution >= 0.6 is 0 Å². The van der Waals surface area contributed by atoms with E-state index in [2.05, 4.69) is 32.1 Å². The molecular formula is C21H23N5O2. The van der Waals surface area contributed by atoms with E-state index >= 15 is 0 Å². The molecule has 0 spiro atoms. The van der Waals surface area contributed by atoms with Crippen LogP contribution in [0.15, 0.2) is 53.1 Å². The van der Waals surface area contributed by atoms with Gasteiger partial charge in [-0.2, -0.15) is 0 Å². The van der Waals surface area contributed by atoms with Crippen LogP contribution in [0.2, 0.25) is 0 Å². The lowest BCUT2D eigenvalue weighted by Crippen LogP contribution is -2.44. The van der Waals surface area contributed by atoms with Crippen LogP contribution in [0.1, 0.15) is 11.5 Å². The van der Waals surface area contributed by atoms with Gasteiger partial charge in [0.2, 0.25) is 11.8 Å². The second-order valence-electron chi connectivity index (χ2n) is 6.88. The summed E-state index contributed by atoms with van der Waals surface area (Å²) in [7, 11) is 2.13. The van der Waals surface area contributed by atoms with Crippen LogP contribution in [0.4, 0.5) is 5.82 Å². The molecule has 1 N–H and O–H groups in total. The minimum absolute atomic E-state index is 0.194. The first-order chi connectivity index (χ1) is 13.7. The molecule has 0 unspecified atom stereocenters. The zero-order chi connectivity index (χ0) is 19.3. The molecule has 3 heterocycles. The Morgan fingerprint density at radius 3 is 2.86 bits per heavy atom. The standard InChI is InChI=1S/C21H23N5O2/c1-25-10-12-26(13-11-25)19-14-16(8-9-22-19)15-23-20(27)6-7-21-24-17-4-2-3-5-18(17)28-21/h2-9,14H,10-13,15H2,1H3,(H,23,27)/b7-6+. The summed E-state index contributed by atoms with van der Waals surface area (Å²) >= 11 is 0. The summed E-state index contributed by atoms with van der Waals surface area (Å²) in [5.74, 6) is 1.18. The monoisotopic (exact) mass is 377 g/mol. The fraction of sp³-hybridized carbons (Fsp3) is 0.286. The van der Waals surface area contributed by atoms with Crippen LogP contribution < -0.4 is 10.2 Å². The van der Waals surface area contributed by atoms with Gasteiger partial charge >= 0.3 is 0 Å². The van der Waals surface area contributed by atoms with E-state index in [0.717, 1.165) is 43.1 Å². The second-order valence-corrected chi connectivity index (χ2v) is 6.88. The highest BCUT2D eigenvalue weighted by molar-refractivity contribution is 5.91. The lowest BCUT2D eigenvalue weighted by molar-refractivity contribution is -0.116. The molecule has 1 aliphatic rings. The van der Waals surface area contributed by atoms with E-state index in [1.165, 1.54) is 6.08 Å². The predicted octanol–water partition coefficient (Wildman–Crippen LogP) is 2.30. The van der Waals surface area contributed by atoms with E-state index in [1.807, 2.05) is 36.4 Å². The zero-order valence-corrected chi connectivity index (χ0v) is 15.8. The number of fused-ring (bicyclic) bond motifs is 1. The zero-order valence-electron chi connectivity index (χ0n) is 15.8. The molecule has 0 atom stereocenters. The van der Waals surface area contributed by atoms with Crippen LogP contribution in [-0.4, -0.2) is 54.0 Å². The number of anilines is 1. The van der Waals surface area contributed by atoms with E-state index in [4.69, 9.17) is 4.42 Å². The lowest BCUT2D eigenvalue weighted by Gasteiger charge is -2.33. The fourth-order valence-corrected chi connectivity index (χ4v) is 3.14. The third-order valence-corrected chi connectivity index (χ3v) is 4.79. The summed E-state index contributed by atoms with van der Waals surface area (Å²) in [5.41, 5.74) is 2.50. The number of oxazole rings is 1. The van der Waals surface area contributed by atoms with Crippen LogP contribution in [0.25, 0.3) is 17.2 Å². The molecule has 1 aromatic carbocycles. The largest absolute Gasteiger partial charge is 0.437 e. The van der Waals surface area contributed by atoms with Crippen molar-refractivity contribution in [3.05, 3.63) is 60.1 Å². The number of nitrogens with one attached hydrogen (secondary N) is 1. The van der Waals surface area contributed by atoms with Gasteiger partial charge in [-0.15, -0.1) is 0 Å². The Balaban J connectivity index is 1.33. The van der Waals surface area contributed by atoms with Crippen LogP contribution in [0.5, 0.6) is 0 Å². The van der Waals surface area contributed by atoms with Crippen molar-refractivity contribution in [3.63, 3.8) is 0 Å². The lowest BCUT2D eigenvalue weighted by atomic mass is 10.2. The molecule has 28 heavy (non-hydrogen) atoms. The molecule has 144 valence electrons. The number of hydrogen-bond donors (Lipinski definition) is 1. The van der Waals surface area contributed by atoms with E-state index < -0.39 is 0 Å². The first-order valence-electron chi connectivity index (χ1n) is 9.37. The van der Waals surface area contributed by atoms with Gasteiger partial charge < -0.3 is 19.5 Å². The topological polar surface area (TPSA) is 74.5 Å². The number of nitrogens with zero attached hydrogens (tertiary/aromatic N) is 4. The Morgan fingerprint density at radius 1 is 1.21 bits per heavy atom. The smallest absolute Gasteiger partial charge is 0.244 e. The van der Waals surface area contributed by atoms with Gasteiger partial charge in [-0.05, 0) is 36.9 Å². The Bertz CT molecular complexity index is 956. The van der Waals surface area contributed by atoms with E-state index in [-0.39, 0.29) is 5.91 Å². The third kappa shape index (κ3) is 4.37. The van der Waals surface area contributed by atoms with E-state index in [9.17, 15) is 4.79 Å². The molecule has 7 nitrogen and oxygen atoms in total. The summed E-state index contributed by atoms with van der Waals surface area (Å²) in [5, 5.41) is 2.89. The maximum Gasteiger partial charge on any atom is 0.244 e. The molecule has 7 heteroatoms.